The van der Waals surface area contributed by atoms with Gasteiger partial charge in [0.15, 0.2) is 6.17 Å². The standard InChI is InChI=1S/C47H31N3O/c1-3-11-30(12-4-1)33-21-22-35-28-37(24-23-34(35)27-33)45-48-46(39-18-9-16-32-15-7-8-17-38(32)39)50-47(49-45)41-19-10-20-42-44(41)40-26-25-36(29-43(40)51-42)31-13-5-2-6-14-31/h1-29,45H,(H,48,49,50). The van der Waals surface area contributed by atoms with E-state index >= 15 is 0 Å². The number of rotatable bonds is 5. The number of hydrogen-bond acceptors (Lipinski definition) is 4. The van der Waals surface area contributed by atoms with E-state index in [1.165, 1.54) is 16.5 Å². The van der Waals surface area contributed by atoms with Crippen LogP contribution in [0.4, 0.5) is 0 Å². The minimum atomic E-state index is -0.452. The molecule has 0 spiro atoms. The molecule has 1 aliphatic heterocycles. The van der Waals surface area contributed by atoms with Gasteiger partial charge in [-0.15, -0.1) is 0 Å². The van der Waals surface area contributed by atoms with Crippen molar-refractivity contribution >= 4 is 55.2 Å². The lowest BCUT2D eigenvalue weighted by atomic mass is 9.98. The van der Waals surface area contributed by atoms with E-state index in [9.17, 15) is 0 Å². The molecule has 0 radical (unpaired) electrons. The summed E-state index contributed by atoms with van der Waals surface area (Å²) in [7, 11) is 0. The highest BCUT2D eigenvalue weighted by Crippen LogP contribution is 2.36. The van der Waals surface area contributed by atoms with Gasteiger partial charge in [0.2, 0.25) is 0 Å². The molecule has 0 saturated heterocycles. The summed E-state index contributed by atoms with van der Waals surface area (Å²) < 4.78 is 6.50. The zero-order valence-corrected chi connectivity index (χ0v) is 27.6. The molecule has 0 saturated carbocycles. The number of hydrogen-bond donors (Lipinski definition) is 1. The predicted octanol–water partition coefficient (Wildman–Crippen LogP) is 11.7. The van der Waals surface area contributed by atoms with Gasteiger partial charge in [-0.1, -0.05) is 146 Å². The third-order valence-electron chi connectivity index (χ3n) is 9.91. The van der Waals surface area contributed by atoms with E-state index in [0.29, 0.717) is 0 Å². The van der Waals surface area contributed by atoms with Gasteiger partial charge in [0.1, 0.15) is 22.8 Å². The van der Waals surface area contributed by atoms with Crippen LogP contribution in [0.3, 0.4) is 0 Å². The van der Waals surface area contributed by atoms with E-state index in [2.05, 4.69) is 163 Å². The summed E-state index contributed by atoms with van der Waals surface area (Å²) in [6.45, 7) is 0. The van der Waals surface area contributed by atoms with Crippen LogP contribution < -0.4 is 5.32 Å². The van der Waals surface area contributed by atoms with Crippen LogP contribution in [0.25, 0.3) is 65.7 Å². The summed E-state index contributed by atoms with van der Waals surface area (Å²) in [6, 6.07) is 61.6. The quantitative estimate of drug-likeness (QED) is 0.201. The third-order valence-corrected chi connectivity index (χ3v) is 9.91. The molecule has 1 aliphatic rings. The summed E-state index contributed by atoms with van der Waals surface area (Å²) in [5.74, 6) is 1.55. The van der Waals surface area contributed by atoms with Gasteiger partial charge in [-0.2, -0.15) is 0 Å². The van der Waals surface area contributed by atoms with Crippen LogP contribution in [0.2, 0.25) is 0 Å². The minimum absolute atomic E-state index is 0.452. The topological polar surface area (TPSA) is 49.9 Å². The van der Waals surface area contributed by atoms with Gasteiger partial charge in [0, 0.05) is 21.9 Å². The number of aliphatic imine (C=N–C) groups is 2. The third kappa shape index (κ3) is 5.17. The highest BCUT2D eigenvalue weighted by molar-refractivity contribution is 6.25. The molecule has 1 atom stereocenters. The maximum Gasteiger partial charge on any atom is 0.169 e. The first kappa shape index (κ1) is 29.2. The maximum absolute atomic E-state index is 6.50. The van der Waals surface area contributed by atoms with E-state index in [1.54, 1.807) is 0 Å². The molecule has 51 heavy (non-hydrogen) atoms. The van der Waals surface area contributed by atoms with Crippen molar-refractivity contribution in [2.45, 2.75) is 6.17 Å². The van der Waals surface area contributed by atoms with E-state index in [-0.39, 0.29) is 0 Å². The summed E-state index contributed by atoms with van der Waals surface area (Å²) >= 11 is 0. The molecule has 240 valence electrons. The van der Waals surface area contributed by atoms with Gasteiger partial charge in [-0.3, -0.25) is 0 Å². The largest absolute Gasteiger partial charge is 0.456 e. The Morgan fingerprint density at radius 2 is 1.04 bits per heavy atom. The second kappa shape index (κ2) is 12.0. The van der Waals surface area contributed by atoms with Crippen molar-refractivity contribution in [3.63, 3.8) is 0 Å². The van der Waals surface area contributed by atoms with Gasteiger partial charge < -0.3 is 9.73 Å². The van der Waals surface area contributed by atoms with Gasteiger partial charge in [-0.25, -0.2) is 9.98 Å². The van der Waals surface area contributed by atoms with Crippen molar-refractivity contribution < 1.29 is 4.42 Å². The molecule has 1 unspecified atom stereocenters. The fourth-order valence-electron chi connectivity index (χ4n) is 7.37. The summed E-state index contributed by atoms with van der Waals surface area (Å²) in [4.78, 5) is 10.6. The lowest BCUT2D eigenvalue weighted by molar-refractivity contribution is 0.669. The summed E-state index contributed by atoms with van der Waals surface area (Å²) in [5, 5.41) is 10.4. The molecule has 10 rings (SSSR count). The molecule has 4 heteroatoms. The van der Waals surface area contributed by atoms with Gasteiger partial charge in [0.05, 0.1) is 0 Å². The van der Waals surface area contributed by atoms with E-state index < -0.39 is 6.17 Å². The lowest BCUT2D eigenvalue weighted by Crippen LogP contribution is -2.36. The van der Waals surface area contributed by atoms with Gasteiger partial charge in [0.25, 0.3) is 0 Å². The molecule has 0 bridgehead atoms. The van der Waals surface area contributed by atoms with Crippen LogP contribution >= 0.6 is 0 Å². The molecule has 0 aliphatic carbocycles. The molecule has 8 aromatic carbocycles. The Hall–Kier alpha value is -6.78. The van der Waals surface area contributed by atoms with Crippen molar-refractivity contribution in [1.29, 1.82) is 0 Å². The number of benzene rings is 8. The fraction of sp³-hybridized carbons (Fsp3) is 0.0213. The first-order valence-corrected chi connectivity index (χ1v) is 17.3. The monoisotopic (exact) mass is 653 g/mol. The first-order valence-electron chi connectivity index (χ1n) is 17.3. The molecular weight excluding hydrogens is 623 g/mol. The maximum atomic E-state index is 6.50. The smallest absolute Gasteiger partial charge is 0.169 e. The zero-order chi connectivity index (χ0) is 33.7. The van der Waals surface area contributed by atoms with Crippen LogP contribution in [-0.2, 0) is 0 Å². The summed E-state index contributed by atoms with van der Waals surface area (Å²) in [5.41, 5.74) is 9.40. The van der Waals surface area contributed by atoms with Gasteiger partial charge >= 0.3 is 0 Å². The number of fused-ring (bicyclic) bond motifs is 5. The van der Waals surface area contributed by atoms with Crippen LogP contribution in [0, 0.1) is 0 Å². The number of nitrogens with zero attached hydrogens (tertiary/aromatic N) is 2. The lowest BCUT2D eigenvalue weighted by Gasteiger charge is -2.23. The number of amidine groups is 2. The molecule has 1 aromatic heterocycles. The Kier molecular flexibility index (Phi) is 6.85. The Labute approximate surface area is 295 Å². The van der Waals surface area contributed by atoms with E-state index in [0.717, 1.165) is 77.6 Å². The average Bonchev–Trinajstić information content (AvgIpc) is 3.59. The molecular formula is C47H31N3O. The molecule has 2 heterocycles. The second-order valence-electron chi connectivity index (χ2n) is 13.0. The molecule has 1 N–H and O–H groups in total. The molecule has 4 nitrogen and oxygen atoms in total. The molecule has 0 fully saturated rings. The predicted molar refractivity (Wildman–Crippen MR) is 211 cm³/mol. The highest BCUT2D eigenvalue weighted by atomic mass is 16.3. The number of furan rings is 1. The summed E-state index contributed by atoms with van der Waals surface area (Å²) in [6.07, 6.45) is -0.452. The highest BCUT2D eigenvalue weighted by Gasteiger charge is 2.24. The fourth-order valence-corrected chi connectivity index (χ4v) is 7.37. The SMILES string of the molecule is c1ccc(-c2ccc3cc(C4N=C(c5cccc6ccccc56)NC(c5cccc6oc7cc(-c8ccccc8)ccc7c56)=N4)ccc3c2)cc1. The van der Waals surface area contributed by atoms with Crippen LogP contribution in [0.5, 0.6) is 0 Å². The average molecular weight is 654 g/mol. The van der Waals surface area contributed by atoms with Crippen molar-refractivity contribution in [3.8, 4) is 22.3 Å². The minimum Gasteiger partial charge on any atom is -0.456 e. The molecule has 9 aromatic rings. The zero-order valence-electron chi connectivity index (χ0n) is 27.6. The van der Waals surface area contributed by atoms with Crippen molar-refractivity contribution in [1.82, 2.24) is 5.32 Å². The Morgan fingerprint density at radius 1 is 0.412 bits per heavy atom. The van der Waals surface area contributed by atoms with Crippen molar-refractivity contribution in [2.75, 3.05) is 0 Å². The van der Waals surface area contributed by atoms with Crippen LogP contribution in [-0.4, -0.2) is 11.7 Å². The van der Waals surface area contributed by atoms with Crippen molar-refractivity contribution in [2.24, 2.45) is 9.98 Å². The van der Waals surface area contributed by atoms with Crippen LogP contribution in [0.1, 0.15) is 22.9 Å². The Morgan fingerprint density at radius 3 is 1.86 bits per heavy atom. The van der Waals surface area contributed by atoms with Crippen molar-refractivity contribution in [3.05, 3.63) is 193 Å². The Bertz CT molecular complexity index is 2830. The Balaban J connectivity index is 1.12. The van der Waals surface area contributed by atoms with E-state index in [4.69, 9.17) is 14.4 Å². The number of nitrogens with one attached hydrogen (secondary N) is 1. The molecule has 0 amide bonds. The van der Waals surface area contributed by atoms with Crippen LogP contribution in [0.15, 0.2) is 190 Å². The first-order chi connectivity index (χ1) is 25.2. The van der Waals surface area contributed by atoms with E-state index in [1.807, 2.05) is 18.2 Å². The normalized spacial score (nSPS) is 14.5. The van der Waals surface area contributed by atoms with Gasteiger partial charge in [-0.05, 0) is 79.7 Å². The second-order valence-corrected chi connectivity index (χ2v) is 13.0.